The molecule has 0 radical (unpaired) electrons. The molecule has 0 unspecified atom stereocenters. The Labute approximate surface area is 119 Å². The molecule has 2 aromatic rings. The van der Waals surface area contributed by atoms with Crippen molar-refractivity contribution in [3.8, 4) is 0 Å². The van der Waals surface area contributed by atoms with Crippen molar-refractivity contribution in [1.82, 2.24) is 14.4 Å². The van der Waals surface area contributed by atoms with Crippen LogP contribution in [-0.4, -0.2) is 28.0 Å². The largest absolute Gasteiger partial charge is 0.372 e. The third kappa shape index (κ3) is 2.57. The van der Waals surface area contributed by atoms with Crippen LogP contribution in [0.5, 0.6) is 0 Å². The Bertz CT molecular complexity index is 583. The molecule has 0 amide bonds. The number of aromatic nitrogens is 3. The van der Waals surface area contributed by atoms with Crippen LogP contribution < -0.4 is 10.6 Å². The predicted molar refractivity (Wildman–Crippen MR) is 82.2 cm³/mol. The van der Waals surface area contributed by atoms with E-state index in [-0.39, 0.29) is 0 Å². The third-order valence-corrected chi connectivity index (χ3v) is 4.37. The molecule has 20 heavy (non-hydrogen) atoms. The molecule has 1 saturated carbocycles. The molecule has 0 aliphatic heterocycles. The van der Waals surface area contributed by atoms with E-state index in [1.54, 1.807) is 0 Å². The van der Waals surface area contributed by atoms with E-state index in [1.807, 2.05) is 30.0 Å². The smallest absolute Gasteiger partial charge is 0.180 e. The molecule has 108 valence electrons. The minimum atomic E-state index is 0.388. The lowest BCUT2D eigenvalue weighted by Crippen LogP contribution is -2.29. The van der Waals surface area contributed by atoms with Crippen molar-refractivity contribution in [3.63, 3.8) is 0 Å². The number of nitrogens with one attached hydrogen (secondary N) is 2. The van der Waals surface area contributed by atoms with E-state index in [2.05, 4.69) is 27.5 Å². The highest BCUT2D eigenvalue weighted by molar-refractivity contribution is 5.65. The number of imidazole rings is 1. The van der Waals surface area contributed by atoms with Crippen LogP contribution in [0.15, 0.2) is 18.6 Å². The number of anilines is 2. The summed E-state index contributed by atoms with van der Waals surface area (Å²) in [6.07, 6.45) is 12.4. The van der Waals surface area contributed by atoms with Crippen molar-refractivity contribution in [2.24, 2.45) is 5.41 Å². The Balaban J connectivity index is 1.81. The van der Waals surface area contributed by atoms with Gasteiger partial charge in [-0.15, -0.1) is 0 Å². The average molecular weight is 273 g/mol. The standard InChI is InChI=1S/C15H23N5/c1-15(6-4-3-5-7-15)11-18-13-14-17-8-9-20(14)10-12(16-2)19-13/h8-10,16H,3-7,11H2,1-2H3,(H,18,19). The van der Waals surface area contributed by atoms with E-state index in [0.717, 1.165) is 23.8 Å². The van der Waals surface area contributed by atoms with Crippen molar-refractivity contribution in [3.05, 3.63) is 18.6 Å². The van der Waals surface area contributed by atoms with Crippen LogP contribution in [0, 0.1) is 5.41 Å². The Morgan fingerprint density at radius 3 is 2.85 bits per heavy atom. The molecule has 1 aliphatic carbocycles. The highest BCUT2D eigenvalue weighted by Crippen LogP contribution is 2.35. The Morgan fingerprint density at radius 1 is 1.30 bits per heavy atom. The maximum Gasteiger partial charge on any atom is 0.180 e. The third-order valence-electron chi connectivity index (χ3n) is 4.37. The summed E-state index contributed by atoms with van der Waals surface area (Å²) in [7, 11) is 1.89. The minimum absolute atomic E-state index is 0.388. The molecule has 0 atom stereocenters. The molecule has 0 aromatic carbocycles. The summed E-state index contributed by atoms with van der Waals surface area (Å²) in [5.74, 6) is 1.72. The Kier molecular flexibility index (Phi) is 3.51. The lowest BCUT2D eigenvalue weighted by atomic mass is 9.76. The monoisotopic (exact) mass is 273 g/mol. The van der Waals surface area contributed by atoms with Crippen LogP contribution >= 0.6 is 0 Å². The van der Waals surface area contributed by atoms with Crippen molar-refractivity contribution in [2.45, 2.75) is 39.0 Å². The normalized spacial score (nSPS) is 18.1. The number of hydrogen-bond acceptors (Lipinski definition) is 4. The lowest BCUT2D eigenvalue weighted by molar-refractivity contribution is 0.233. The number of fused-ring (bicyclic) bond motifs is 1. The van der Waals surface area contributed by atoms with Gasteiger partial charge in [0.15, 0.2) is 11.5 Å². The summed E-state index contributed by atoms with van der Waals surface area (Å²) in [6, 6.07) is 0. The fraction of sp³-hybridized carbons (Fsp3) is 0.600. The number of hydrogen-bond donors (Lipinski definition) is 2. The first-order chi connectivity index (χ1) is 9.70. The van der Waals surface area contributed by atoms with Gasteiger partial charge in [0.2, 0.25) is 0 Å². The second kappa shape index (κ2) is 5.31. The van der Waals surface area contributed by atoms with Crippen molar-refractivity contribution < 1.29 is 0 Å². The summed E-state index contributed by atoms with van der Waals surface area (Å²) < 4.78 is 2.00. The van der Waals surface area contributed by atoms with E-state index < -0.39 is 0 Å². The maximum atomic E-state index is 4.60. The van der Waals surface area contributed by atoms with Crippen LogP contribution in [0.3, 0.4) is 0 Å². The predicted octanol–water partition coefficient (Wildman–Crippen LogP) is 3.15. The zero-order valence-corrected chi connectivity index (χ0v) is 12.3. The topological polar surface area (TPSA) is 54.2 Å². The van der Waals surface area contributed by atoms with Crippen molar-refractivity contribution in [2.75, 3.05) is 24.2 Å². The van der Waals surface area contributed by atoms with Crippen LogP contribution in [0.2, 0.25) is 0 Å². The molecule has 0 spiro atoms. The van der Waals surface area contributed by atoms with Crippen molar-refractivity contribution >= 4 is 17.3 Å². The molecule has 1 fully saturated rings. The maximum absolute atomic E-state index is 4.60. The quantitative estimate of drug-likeness (QED) is 0.898. The summed E-state index contributed by atoms with van der Waals surface area (Å²) in [5, 5.41) is 6.62. The van der Waals surface area contributed by atoms with Crippen LogP contribution in [0.1, 0.15) is 39.0 Å². The molecular weight excluding hydrogens is 250 g/mol. The van der Waals surface area contributed by atoms with Gasteiger partial charge in [-0.05, 0) is 18.3 Å². The van der Waals surface area contributed by atoms with Gasteiger partial charge < -0.3 is 15.0 Å². The van der Waals surface area contributed by atoms with Crippen LogP contribution in [0.4, 0.5) is 11.6 Å². The molecular formula is C15H23N5. The lowest BCUT2D eigenvalue weighted by Gasteiger charge is -2.33. The van der Waals surface area contributed by atoms with Gasteiger partial charge in [-0.25, -0.2) is 9.97 Å². The first-order valence-electron chi connectivity index (χ1n) is 7.46. The number of nitrogens with zero attached hydrogens (tertiary/aromatic N) is 3. The molecule has 2 heterocycles. The molecule has 3 rings (SSSR count). The van der Waals surface area contributed by atoms with Gasteiger partial charge in [0.1, 0.15) is 5.82 Å². The van der Waals surface area contributed by atoms with Gasteiger partial charge in [-0.1, -0.05) is 26.2 Å². The Morgan fingerprint density at radius 2 is 2.10 bits per heavy atom. The molecule has 0 saturated heterocycles. The molecule has 1 aliphatic rings. The van der Waals surface area contributed by atoms with Crippen LogP contribution in [0.25, 0.3) is 5.65 Å². The van der Waals surface area contributed by atoms with E-state index in [9.17, 15) is 0 Å². The zero-order valence-electron chi connectivity index (χ0n) is 12.3. The van der Waals surface area contributed by atoms with E-state index in [0.29, 0.717) is 5.41 Å². The summed E-state index contributed by atoms with van der Waals surface area (Å²) >= 11 is 0. The summed E-state index contributed by atoms with van der Waals surface area (Å²) in [5.41, 5.74) is 1.28. The SMILES string of the molecule is CNc1cn2ccnc2c(NCC2(C)CCCCC2)n1. The van der Waals surface area contributed by atoms with E-state index >= 15 is 0 Å². The minimum Gasteiger partial charge on any atom is -0.372 e. The molecule has 5 heteroatoms. The van der Waals surface area contributed by atoms with Gasteiger partial charge in [0.05, 0.1) is 6.20 Å². The second-order valence-corrected chi connectivity index (χ2v) is 6.11. The zero-order chi connectivity index (χ0) is 14.0. The fourth-order valence-corrected chi connectivity index (χ4v) is 3.05. The highest BCUT2D eigenvalue weighted by atomic mass is 15.1. The summed E-state index contributed by atoms with van der Waals surface area (Å²) in [6.45, 7) is 3.35. The first-order valence-corrected chi connectivity index (χ1v) is 7.46. The first kappa shape index (κ1) is 13.2. The van der Waals surface area contributed by atoms with Crippen LogP contribution in [-0.2, 0) is 0 Å². The number of rotatable bonds is 4. The summed E-state index contributed by atoms with van der Waals surface area (Å²) in [4.78, 5) is 8.99. The molecule has 2 N–H and O–H groups in total. The van der Waals surface area contributed by atoms with Gasteiger partial charge >= 0.3 is 0 Å². The fourth-order valence-electron chi connectivity index (χ4n) is 3.05. The Hall–Kier alpha value is -1.78. The molecule has 2 aromatic heterocycles. The van der Waals surface area contributed by atoms with Gasteiger partial charge in [-0.2, -0.15) is 0 Å². The molecule has 5 nitrogen and oxygen atoms in total. The van der Waals surface area contributed by atoms with E-state index in [1.165, 1.54) is 32.1 Å². The van der Waals surface area contributed by atoms with Crippen molar-refractivity contribution in [1.29, 1.82) is 0 Å². The van der Waals surface area contributed by atoms with Gasteiger partial charge in [-0.3, -0.25) is 0 Å². The van der Waals surface area contributed by atoms with E-state index in [4.69, 9.17) is 0 Å². The molecule has 0 bridgehead atoms. The highest BCUT2D eigenvalue weighted by Gasteiger charge is 2.26. The second-order valence-electron chi connectivity index (χ2n) is 6.11. The van der Waals surface area contributed by atoms with Gasteiger partial charge in [0.25, 0.3) is 0 Å². The average Bonchev–Trinajstić information content (AvgIpc) is 2.93. The van der Waals surface area contributed by atoms with Gasteiger partial charge in [0, 0.05) is 26.0 Å².